The van der Waals surface area contributed by atoms with E-state index in [1.165, 1.54) is 0 Å². The van der Waals surface area contributed by atoms with E-state index in [0.29, 0.717) is 19.1 Å². The van der Waals surface area contributed by atoms with Gasteiger partial charge in [0.05, 0.1) is 6.10 Å². The molecule has 18 heavy (non-hydrogen) atoms. The van der Waals surface area contributed by atoms with Crippen LogP contribution in [0.5, 0.6) is 11.5 Å². The summed E-state index contributed by atoms with van der Waals surface area (Å²) in [5, 5.41) is 10.4. The molecule has 0 radical (unpaired) electrons. The number of fused-ring (bicyclic) bond motifs is 1. The van der Waals surface area contributed by atoms with Crippen LogP contribution in [0.25, 0.3) is 0 Å². The molecule has 0 bridgehead atoms. The molecule has 1 aliphatic rings. The van der Waals surface area contributed by atoms with Gasteiger partial charge in [0.25, 0.3) is 0 Å². The monoisotopic (exact) mass is 314 g/mol. The van der Waals surface area contributed by atoms with Crippen LogP contribution >= 0.6 is 15.9 Å². The summed E-state index contributed by atoms with van der Waals surface area (Å²) in [6.45, 7) is 7.41. The maximum Gasteiger partial charge on any atom is 0.162 e. The number of halogens is 1. The molecule has 0 spiro atoms. The van der Waals surface area contributed by atoms with E-state index >= 15 is 0 Å². The lowest BCUT2D eigenvalue weighted by Gasteiger charge is -2.26. The lowest BCUT2D eigenvalue weighted by Crippen LogP contribution is -2.18. The number of aliphatic hydroxyl groups is 1. The standard InChI is InChI=1S/C14H19BrO3/c1-8(2)9(3)14(16)10-6-12-13(7-11(10)15)18-5-4-17-12/h6-9,14,16H,4-5H2,1-3H3. The largest absolute Gasteiger partial charge is 0.486 e. The van der Waals surface area contributed by atoms with Gasteiger partial charge in [-0.25, -0.2) is 0 Å². The van der Waals surface area contributed by atoms with E-state index < -0.39 is 6.10 Å². The van der Waals surface area contributed by atoms with Crippen molar-refractivity contribution in [1.82, 2.24) is 0 Å². The quantitative estimate of drug-likeness (QED) is 0.927. The van der Waals surface area contributed by atoms with Gasteiger partial charge >= 0.3 is 0 Å². The molecule has 0 aromatic heterocycles. The van der Waals surface area contributed by atoms with Crippen LogP contribution in [0.1, 0.15) is 32.4 Å². The number of rotatable bonds is 3. The van der Waals surface area contributed by atoms with Crippen molar-refractivity contribution in [3.05, 3.63) is 22.2 Å². The smallest absolute Gasteiger partial charge is 0.162 e. The van der Waals surface area contributed by atoms with Crippen molar-refractivity contribution >= 4 is 15.9 Å². The van der Waals surface area contributed by atoms with Gasteiger partial charge in [-0.05, 0) is 29.5 Å². The third kappa shape index (κ3) is 2.64. The van der Waals surface area contributed by atoms with Crippen LogP contribution < -0.4 is 9.47 Å². The van der Waals surface area contributed by atoms with Gasteiger partial charge in [0.1, 0.15) is 13.2 Å². The molecule has 0 fully saturated rings. The number of hydrogen-bond acceptors (Lipinski definition) is 3. The van der Waals surface area contributed by atoms with E-state index in [1.807, 2.05) is 12.1 Å². The molecule has 1 N–H and O–H groups in total. The van der Waals surface area contributed by atoms with E-state index in [2.05, 4.69) is 36.7 Å². The molecule has 1 aromatic carbocycles. The molecule has 0 saturated carbocycles. The first-order chi connectivity index (χ1) is 8.50. The van der Waals surface area contributed by atoms with Gasteiger partial charge in [-0.2, -0.15) is 0 Å². The summed E-state index contributed by atoms with van der Waals surface area (Å²) in [7, 11) is 0. The van der Waals surface area contributed by atoms with Gasteiger partial charge < -0.3 is 14.6 Å². The third-order valence-electron chi connectivity index (χ3n) is 3.53. The average molecular weight is 315 g/mol. The molecule has 2 unspecified atom stereocenters. The van der Waals surface area contributed by atoms with Gasteiger partial charge in [-0.3, -0.25) is 0 Å². The highest BCUT2D eigenvalue weighted by molar-refractivity contribution is 9.10. The zero-order valence-corrected chi connectivity index (χ0v) is 12.5. The summed E-state index contributed by atoms with van der Waals surface area (Å²) in [5.74, 6) is 2.06. The fraction of sp³-hybridized carbons (Fsp3) is 0.571. The van der Waals surface area contributed by atoms with Crippen molar-refractivity contribution in [2.45, 2.75) is 26.9 Å². The number of ether oxygens (including phenoxy) is 2. The fourth-order valence-corrected chi connectivity index (χ4v) is 2.51. The molecule has 0 saturated heterocycles. The van der Waals surface area contributed by atoms with Crippen molar-refractivity contribution in [3.63, 3.8) is 0 Å². The SMILES string of the molecule is CC(C)C(C)C(O)c1cc2c(cc1Br)OCCO2. The Balaban J connectivity index is 2.33. The second-order valence-corrected chi connectivity index (χ2v) is 5.92. The summed E-state index contributed by atoms with van der Waals surface area (Å²) in [5.41, 5.74) is 0.862. The predicted octanol–water partition coefficient (Wildman–Crippen LogP) is 3.55. The summed E-state index contributed by atoms with van der Waals surface area (Å²) in [4.78, 5) is 0. The lowest BCUT2D eigenvalue weighted by molar-refractivity contribution is 0.0905. The zero-order chi connectivity index (χ0) is 13.3. The van der Waals surface area contributed by atoms with Crippen LogP contribution in [0.3, 0.4) is 0 Å². The molecule has 2 rings (SSSR count). The molecule has 0 aliphatic carbocycles. The van der Waals surface area contributed by atoms with Crippen molar-refractivity contribution in [2.24, 2.45) is 11.8 Å². The highest BCUT2D eigenvalue weighted by Crippen LogP contribution is 2.40. The molecule has 1 aromatic rings. The fourth-order valence-electron chi connectivity index (χ4n) is 1.95. The minimum atomic E-state index is -0.504. The minimum absolute atomic E-state index is 0.184. The zero-order valence-electron chi connectivity index (χ0n) is 10.9. The normalized spacial score (nSPS) is 17.7. The van der Waals surface area contributed by atoms with Crippen molar-refractivity contribution in [3.8, 4) is 11.5 Å². The van der Waals surface area contributed by atoms with Gasteiger partial charge in [0.15, 0.2) is 11.5 Å². The molecule has 1 heterocycles. The number of benzene rings is 1. The first kappa shape index (κ1) is 13.7. The predicted molar refractivity (Wildman–Crippen MR) is 74.1 cm³/mol. The molecule has 2 atom stereocenters. The molecule has 1 aliphatic heterocycles. The first-order valence-electron chi connectivity index (χ1n) is 6.27. The summed E-state index contributed by atoms with van der Waals surface area (Å²) in [6, 6.07) is 3.75. The highest BCUT2D eigenvalue weighted by Gasteiger charge is 2.24. The van der Waals surface area contributed by atoms with E-state index in [4.69, 9.17) is 9.47 Å². The van der Waals surface area contributed by atoms with E-state index in [-0.39, 0.29) is 5.92 Å². The summed E-state index contributed by atoms with van der Waals surface area (Å²) < 4.78 is 11.9. The van der Waals surface area contributed by atoms with E-state index in [9.17, 15) is 5.11 Å². The van der Waals surface area contributed by atoms with E-state index in [0.717, 1.165) is 21.5 Å². The Hall–Kier alpha value is -0.740. The third-order valence-corrected chi connectivity index (χ3v) is 4.22. The Morgan fingerprint density at radius 1 is 1.11 bits per heavy atom. The number of hydrogen-bond donors (Lipinski definition) is 1. The lowest BCUT2D eigenvalue weighted by atomic mass is 9.88. The number of aliphatic hydroxyl groups excluding tert-OH is 1. The second-order valence-electron chi connectivity index (χ2n) is 5.07. The van der Waals surface area contributed by atoms with E-state index in [1.54, 1.807) is 0 Å². The van der Waals surface area contributed by atoms with Crippen molar-refractivity contribution in [1.29, 1.82) is 0 Å². The van der Waals surface area contributed by atoms with Crippen LogP contribution in [0.2, 0.25) is 0 Å². The van der Waals surface area contributed by atoms with Crippen LogP contribution in [-0.2, 0) is 0 Å². The molecule has 100 valence electrons. The van der Waals surface area contributed by atoms with Crippen molar-refractivity contribution < 1.29 is 14.6 Å². The average Bonchev–Trinajstić information content (AvgIpc) is 2.36. The van der Waals surface area contributed by atoms with Crippen LogP contribution in [0, 0.1) is 11.8 Å². The molecule has 3 nitrogen and oxygen atoms in total. The van der Waals surface area contributed by atoms with Crippen LogP contribution in [-0.4, -0.2) is 18.3 Å². The Morgan fingerprint density at radius 3 is 2.22 bits per heavy atom. The first-order valence-corrected chi connectivity index (χ1v) is 7.07. The van der Waals surface area contributed by atoms with Gasteiger partial charge in [-0.1, -0.05) is 36.7 Å². The maximum absolute atomic E-state index is 10.4. The second kappa shape index (κ2) is 5.49. The van der Waals surface area contributed by atoms with Crippen molar-refractivity contribution in [2.75, 3.05) is 13.2 Å². The Bertz CT molecular complexity index is 431. The Labute approximate surface area is 116 Å². The highest BCUT2D eigenvalue weighted by atomic mass is 79.9. The van der Waals surface area contributed by atoms with Gasteiger partial charge in [0, 0.05) is 4.47 Å². The topological polar surface area (TPSA) is 38.7 Å². The minimum Gasteiger partial charge on any atom is -0.486 e. The van der Waals surface area contributed by atoms with Gasteiger partial charge in [-0.15, -0.1) is 0 Å². The summed E-state index contributed by atoms with van der Waals surface area (Å²) >= 11 is 3.50. The molecule has 0 amide bonds. The van der Waals surface area contributed by atoms with Gasteiger partial charge in [0.2, 0.25) is 0 Å². The maximum atomic E-state index is 10.4. The summed E-state index contributed by atoms with van der Waals surface area (Å²) in [6.07, 6.45) is -0.504. The Kier molecular flexibility index (Phi) is 4.17. The molecular weight excluding hydrogens is 296 g/mol. The molecule has 4 heteroatoms. The Morgan fingerprint density at radius 2 is 1.67 bits per heavy atom. The molecular formula is C14H19BrO3. The van der Waals surface area contributed by atoms with Crippen LogP contribution in [0.4, 0.5) is 0 Å². The van der Waals surface area contributed by atoms with Crippen LogP contribution in [0.15, 0.2) is 16.6 Å².